The normalized spacial score (nSPS) is 19.9. The molecule has 2 atom stereocenters. The molecule has 0 aromatic heterocycles. The quantitative estimate of drug-likeness (QED) is 0.783. The van der Waals surface area contributed by atoms with Gasteiger partial charge in [0.2, 0.25) is 0 Å². The van der Waals surface area contributed by atoms with Crippen LogP contribution >= 0.6 is 0 Å². The second-order valence-electron chi connectivity index (χ2n) is 6.45. The highest BCUT2D eigenvalue weighted by Crippen LogP contribution is 2.24. The van der Waals surface area contributed by atoms with Crippen molar-refractivity contribution in [2.24, 2.45) is 5.92 Å². The summed E-state index contributed by atoms with van der Waals surface area (Å²) in [6.07, 6.45) is 0.957. The third-order valence-corrected chi connectivity index (χ3v) is 4.62. The molecule has 1 aliphatic rings. The summed E-state index contributed by atoms with van der Waals surface area (Å²) in [5.74, 6) is 1.16. The first-order valence-corrected chi connectivity index (χ1v) is 8.69. The van der Waals surface area contributed by atoms with Gasteiger partial charge in [-0.1, -0.05) is 25.1 Å². The number of carbonyl (C=O) groups excluding carboxylic acids is 1. The molecule has 25 heavy (non-hydrogen) atoms. The summed E-state index contributed by atoms with van der Waals surface area (Å²) in [4.78, 5) is 12.8. The number of ether oxygens (including phenoxy) is 1. The highest BCUT2D eigenvalue weighted by molar-refractivity contribution is 6.00. The molecule has 5 nitrogen and oxygen atoms in total. The molecule has 0 aliphatic carbocycles. The van der Waals surface area contributed by atoms with Gasteiger partial charge >= 0.3 is 0 Å². The van der Waals surface area contributed by atoms with Crippen LogP contribution in [0.25, 0.3) is 0 Å². The molecule has 2 aromatic rings. The minimum atomic E-state index is -0.0373. The number of piperidine rings is 1. The Kier molecular flexibility index (Phi) is 5.56. The van der Waals surface area contributed by atoms with Crippen LogP contribution in [0.5, 0.6) is 5.75 Å². The maximum Gasteiger partial charge on any atom is 0.253 e. The Balaban J connectivity index is 1.76. The predicted molar refractivity (Wildman–Crippen MR) is 101 cm³/mol. The van der Waals surface area contributed by atoms with Crippen LogP contribution in [0.15, 0.2) is 48.5 Å². The van der Waals surface area contributed by atoms with Crippen molar-refractivity contribution in [3.63, 3.8) is 0 Å². The molecule has 2 aromatic carbocycles. The van der Waals surface area contributed by atoms with Crippen LogP contribution in [-0.4, -0.2) is 32.1 Å². The number of methoxy groups -OCH3 is 1. The van der Waals surface area contributed by atoms with E-state index in [0.29, 0.717) is 11.5 Å². The number of nitrogens with one attached hydrogen (secondary N) is 3. The van der Waals surface area contributed by atoms with Crippen LogP contribution in [0.3, 0.4) is 0 Å². The van der Waals surface area contributed by atoms with Gasteiger partial charge in [0.25, 0.3) is 5.91 Å². The molecule has 1 amide bonds. The van der Waals surface area contributed by atoms with Gasteiger partial charge in [-0.25, -0.2) is 0 Å². The first-order valence-electron chi connectivity index (χ1n) is 8.69. The van der Waals surface area contributed by atoms with E-state index in [1.54, 1.807) is 7.11 Å². The Morgan fingerprint density at radius 3 is 2.84 bits per heavy atom. The molecule has 2 unspecified atom stereocenters. The summed E-state index contributed by atoms with van der Waals surface area (Å²) < 4.78 is 5.26. The molecular formula is C20H25N3O2. The number of anilines is 2. The first-order chi connectivity index (χ1) is 12.2. The van der Waals surface area contributed by atoms with E-state index in [1.165, 1.54) is 0 Å². The Bertz CT molecular complexity index is 732. The van der Waals surface area contributed by atoms with Gasteiger partial charge < -0.3 is 20.7 Å². The second-order valence-corrected chi connectivity index (χ2v) is 6.45. The second kappa shape index (κ2) is 8.03. The van der Waals surface area contributed by atoms with Gasteiger partial charge in [0, 0.05) is 17.8 Å². The van der Waals surface area contributed by atoms with Gasteiger partial charge in [0.05, 0.1) is 18.4 Å². The zero-order valence-electron chi connectivity index (χ0n) is 14.7. The molecular weight excluding hydrogens is 314 g/mol. The van der Waals surface area contributed by atoms with Crippen molar-refractivity contribution in [3.8, 4) is 5.75 Å². The van der Waals surface area contributed by atoms with Crippen molar-refractivity contribution in [1.82, 2.24) is 10.6 Å². The summed E-state index contributed by atoms with van der Waals surface area (Å²) >= 11 is 0. The first kappa shape index (κ1) is 17.3. The summed E-state index contributed by atoms with van der Waals surface area (Å²) in [6, 6.07) is 15.4. The lowest BCUT2D eigenvalue weighted by Crippen LogP contribution is -2.48. The third kappa shape index (κ3) is 4.31. The minimum Gasteiger partial charge on any atom is -0.497 e. The lowest BCUT2D eigenvalue weighted by atomic mass is 9.95. The Hall–Kier alpha value is -2.53. The fraction of sp³-hybridized carbons (Fsp3) is 0.350. The molecule has 1 heterocycles. The number of para-hydroxylation sites is 1. The number of hydrogen-bond donors (Lipinski definition) is 3. The monoisotopic (exact) mass is 339 g/mol. The minimum absolute atomic E-state index is 0.0373. The molecule has 1 fully saturated rings. The van der Waals surface area contributed by atoms with Crippen molar-refractivity contribution in [1.29, 1.82) is 0 Å². The SMILES string of the molecule is COc1cccc(Nc2ccccc2C(=O)NC2CCNCC2C)c1. The third-order valence-electron chi connectivity index (χ3n) is 4.62. The van der Waals surface area contributed by atoms with Gasteiger partial charge in [-0.05, 0) is 49.7 Å². The van der Waals surface area contributed by atoms with E-state index < -0.39 is 0 Å². The highest BCUT2D eigenvalue weighted by Gasteiger charge is 2.23. The molecule has 1 saturated heterocycles. The van der Waals surface area contributed by atoms with Crippen LogP contribution in [0.2, 0.25) is 0 Å². The maximum absolute atomic E-state index is 12.8. The standard InChI is InChI=1S/C20H25N3O2/c1-14-13-21-11-10-18(14)23-20(24)17-8-3-4-9-19(17)22-15-6-5-7-16(12-15)25-2/h3-9,12,14,18,21-22H,10-11,13H2,1-2H3,(H,23,24). The van der Waals surface area contributed by atoms with Gasteiger partial charge in [-0.15, -0.1) is 0 Å². The summed E-state index contributed by atoms with van der Waals surface area (Å²) in [7, 11) is 1.64. The lowest BCUT2D eigenvalue weighted by Gasteiger charge is -2.30. The summed E-state index contributed by atoms with van der Waals surface area (Å²) in [5, 5.41) is 9.87. The molecule has 0 saturated carbocycles. The topological polar surface area (TPSA) is 62.4 Å². The van der Waals surface area contributed by atoms with Gasteiger partial charge in [0.1, 0.15) is 5.75 Å². The van der Waals surface area contributed by atoms with Crippen molar-refractivity contribution >= 4 is 17.3 Å². The Labute approximate surface area is 148 Å². The van der Waals surface area contributed by atoms with Gasteiger partial charge in [0.15, 0.2) is 0 Å². The Morgan fingerprint density at radius 1 is 1.20 bits per heavy atom. The Morgan fingerprint density at radius 2 is 2.04 bits per heavy atom. The highest BCUT2D eigenvalue weighted by atomic mass is 16.5. The summed E-state index contributed by atoms with van der Waals surface area (Å²) in [5.41, 5.74) is 2.32. The van der Waals surface area contributed by atoms with Crippen molar-refractivity contribution in [2.75, 3.05) is 25.5 Å². The van der Waals surface area contributed by atoms with Crippen LogP contribution in [0.1, 0.15) is 23.7 Å². The largest absolute Gasteiger partial charge is 0.497 e. The number of amides is 1. The van der Waals surface area contributed by atoms with E-state index >= 15 is 0 Å². The number of benzene rings is 2. The number of carbonyl (C=O) groups is 1. The van der Waals surface area contributed by atoms with E-state index in [4.69, 9.17) is 4.74 Å². The van der Waals surface area contributed by atoms with E-state index in [9.17, 15) is 4.79 Å². The molecule has 3 N–H and O–H groups in total. The molecule has 1 aliphatic heterocycles. The molecule has 132 valence electrons. The van der Waals surface area contributed by atoms with Crippen molar-refractivity contribution in [3.05, 3.63) is 54.1 Å². The zero-order valence-corrected chi connectivity index (χ0v) is 14.7. The molecule has 0 bridgehead atoms. The van der Waals surface area contributed by atoms with Crippen molar-refractivity contribution < 1.29 is 9.53 Å². The fourth-order valence-corrected chi connectivity index (χ4v) is 3.12. The molecule has 0 radical (unpaired) electrons. The van der Waals surface area contributed by atoms with Crippen LogP contribution in [0.4, 0.5) is 11.4 Å². The van der Waals surface area contributed by atoms with Gasteiger partial charge in [-0.3, -0.25) is 4.79 Å². The number of rotatable bonds is 5. The van der Waals surface area contributed by atoms with E-state index in [2.05, 4.69) is 22.9 Å². The van der Waals surface area contributed by atoms with Crippen LogP contribution < -0.4 is 20.7 Å². The van der Waals surface area contributed by atoms with E-state index in [-0.39, 0.29) is 11.9 Å². The molecule has 0 spiro atoms. The fourth-order valence-electron chi connectivity index (χ4n) is 3.12. The van der Waals surface area contributed by atoms with Gasteiger partial charge in [-0.2, -0.15) is 0 Å². The van der Waals surface area contributed by atoms with E-state index in [1.807, 2.05) is 48.5 Å². The van der Waals surface area contributed by atoms with Crippen LogP contribution in [0, 0.1) is 5.92 Å². The molecule has 5 heteroatoms. The lowest BCUT2D eigenvalue weighted by molar-refractivity contribution is 0.0915. The van der Waals surface area contributed by atoms with Crippen molar-refractivity contribution in [2.45, 2.75) is 19.4 Å². The zero-order chi connectivity index (χ0) is 17.6. The van der Waals surface area contributed by atoms with E-state index in [0.717, 1.165) is 36.6 Å². The predicted octanol–water partition coefficient (Wildman–Crippen LogP) is 3.17. The average Bonchev–Trinajstić information content (AvgIpc) is 2.64. The molecule has 3 rings (SSSR count). The smallest absolute Gasteiger partial charge is 0.253 e. The summed E-state index contributed by atoms with van der Waals surface area (Å²) in [6.45, 7) is 4.05. The maximum atomic E-state index is 12.8. The van der Waals surface area contributed by atoms with Crippen LogP contribution in [-0.2, 0) is 0 Å². The average molecular weight is 339 g/mol. The number of hydrogen-bond acceptors (Lipinski definition) is 4.